The lowest BCUT2D eigenvalue weighted by atomic mass is 10.0. The van der Waals surface area contributed by atoms with E-state index in [0.29, 0.717) is 13.0 Å². The molecule has 1 aliphatic heterocycles. The molecule has 0 spiro atoms. The topological polar surface area (TPSA) is 61.5 Å². The smallest absolute Gasteiger partial charge is 0.149 e. The molecule has 1 aliphatic rings. The molecule has 1 fully saturated rings. The number of ether oxygens (including phenoxy) is 2. The van der Waals surface area contributed by atoms with Gasteiger partial charge in [0.2, 0.25) is 0 Å². The Labute approximate surface area is 97.5 Å². The summed E-state index contributed by atoms with van der Waals surface area (Å²) in [6.07, 6.45) is 5.46. The number of ketones is 1. The Balaban J connectivity index is 2.08. The van der Waals surface area contributed by atoms with Crippen molar-refractivity contribution in [3.8, 4) is 0 Å². The summed E-state index contributed by atoms with van der Waals surface area (Å²) in [5.41, 5.74) is 5.80. The molecule has 0 bridgehead atoms. The molecule has 2 atom stereocenters. The third-order valence-electron chi connectivity index (χ3n) is 3.01. The summed E-state index contributed by atoms with van der Waals surface area (Å²) in [5, 5.41) is 0. The minimum atomic E-state index is -0.323. The van der Waals surface area contributed by atoms with Crippen LogP contribution in [0.2, 0.25) is 0 Å². The maximum atomic E-state index is 11.7. The molecule has 1 saturated heterocycles. The summed E-state index contributed by atoms with van der Waals surface area (Å²) < 4.78 is 10.4. The van der Waals surface area contributed by atoms with Crippen LogP contribution in [0, 0.1) is 0 Å². The molecule has 1 rings (SSSR count). The third-order valence-corrected chi connectivity index (χ3v) is 3.01. The highest BCUT2D eigenvalue weighted by Gasteiger charge is 2.19. The van der Waals surface area contributed by atoms with Crippen molar-refractivity contribution in [1.29, 1.82) is 0 Å². The van der Waals surface area contributed by atoms with E-state index in [9.17, 15) is 4.79 Å². The fourth-order valence-corrected chi connectivity index (χ4v) is 1.97. The second-order valence-electron chi connectivity index (χ2n) is 4.38. The molecule has 1 heterocycles. The molecule has 94 valence electrons. The van der Waals surface area contributed by atoms with Crippen molar-refractivity contribution < 1.29 is 14.3 Å². The van der Waals surface area contributed by atoms with Crippen LogP contribution >= 0.6 is 0 Å². The first kappa shape index (κ1) is 13.6. The molecule has 4 nitrogen and oxygen atoms in total. The van der Waals surface area contributed by atoms with Gasteiger partial charge in [0.15, 0.2) is 0 Å². The average Bonchev–Trinajstić information content (AvgIpc) is 2.79. The summed E-state index contributed by atoms with van der Waals surface area (Å²) in [4.78, 5) is 11.7. The van der Waals surface area contributed by atoms with Crippen molar-refractivity contribution in [1.82, 2.24) is 0 Å². The number of nitrogens with two attached hydrogens (primary N) is 1. The highest BCUT2D eigenvalue weighted by molar-refractivity contribution is 5.83. The van der Waals surface area contributed by atoms with E-state index in [4.69, 9.17) is 15.2 Å². The molecule has 4 heteroatoms. The van der Waals surface area contributed by atoms with E-state index in [1.165, 1.54) is 0 Å². The fraction of sp³-hybridized carbons (Fsp3) is 0.917. The number of hydrogen-bond acceptors (Lipinski definition) is 4. The standard InChI is InChI=1S/C12H23NO3/c1-15-8-3-5-11(13)12(14)7-6-10-4-2-9-16-10/h10-11H,2-9,13H2,1H3. The number of Topliss-reactive ketones (excluding diaryl/α,β-unsaturated/α-hetero) is 1. The Morgan fingerprint density at radius 1 is 1.62 bits per heavy atom. The zero-order chi connectivity index (χ0) is 11.8. The van der Waals surface area contributed by atoms with Crippen LogP contribution in [0.25, 0.3) is 0 Å². The second-order valence-corrected chi connectivity index (χ2v) is 4.38. The van der Waals surface area contributed by atoms with Crippen LogP contribution < -0.4 is 5.73 Å². The Kier molecular flexibility index (Phi) is 6.61. The summed E-state index contributed by atoms with van der Waals surface area (Å²) in [7, 11) is 1.66. The lowest BCUT2D eigenvalue weighted by molar-refractivity contribution is -0.121. The molecule has 0 aromatic carbocycles. The zero-order valence-electron chi connectivity index (χ0n) is 10.1. The van der Waals surface area contributed by atoms with Crippen LogP contribution in [0.1, 0.15) is 38.5 Å². The molecule has 16 heavy (non-hydrogen) atoms. The monoisotopic (exact) mass is 229 g/mol. The van der Waals surface area contributed by atoms with Gasteiger partial charge in [0.1, 0.15) is 5.78 Å². The van der Waals surface area contributed by atoms with Gasteiger partial charge >= 0.3 is 0 Å². The van der Waals surface area contributed by atoms with E-state index in [2.05, 4.69) is 0 Å². The Bertz CT molecular complexity index is 202. The molecule has 0 aliphatic carbocycles. The van der Waals surface area contributed by atoms with E-state index in [1.807, 2.05) is 0 Å². The van der Waals surface area contributed by atoms with Gasteiger partial charge in [-0.3, -0.25) is 4.79 Å². The summed E-state index contributed by atoms with van der Waals surface area (Å²) in [6, 6.07) is -0.323. The first-order valence-electron chi connectivity index (χ1n) is 6.13. The Morgan fingerprint density at radius 2 is 2.44 bits per heavy atom. The molecule has 2 unspecified atom stereocenters. The first-order valence-corrected chi connectivity index (χ1v) is 6.13. The third kappa shape index (κ3) is 5.05. The minimum absolute atomic E-state index is 0.159. The maximum absolute atomic E-state index is 11.7. The molecule has 0 amide bonds. The van der Waals surface area contributed by atoms with Gasteiger partial charge in [0.05, 0.1) is 12.1 Å². The van der Waals surface area contributed by atoms with Gasteiger partial charge in [-0.1, -0.05) is 0 Å². The Hall–Kier alpha value is -0.450. The van der Waals surface area contributed by atoms with Gasteiger partial charge in [0, 0.05) is 26.7 Å². The molecule has 0 radical (unpaired) electrons. The molecule has 0 aromatic rings. The van der Waals surface area contributed by atoms with Gasteiger partial charge in [-0.05, 0) is 32.1 Å². The lowest BCUT2D eigenvalue weighted by Crippen LogP contribution is -2.31. The highest BCUT2D eigenvalue weighted by atomic mass is 16.5. The maximum Gasteiger partial charge on any atom is 0.149 e. The van der Waals surface area contributed by atoms with E-state index in [1.54, 1.807) is 7.11 Å². The van der Waals surface area contributed by atoms with Crippen LogP contribution in [-0.4, -0.2) is 38.3 Å². The fourth-order valence-electron chi connectivity index (χ4n) is 1.97. The number of rotatable bonds is 8. The number of carbonyl (C=O) groups excluding carboxylic acids is 1. The Morgan fingerprint density at radius 3 is 3.06 bits per heavy atom. The summed E-state index contributed by atoms with van der Waals surface area (Å²) >= 11 is 0. The largest absolute Gasteiger partial charge is 0.385 e. The van der Waals surface area contributed by atoms with Crippen molar-refractivity contribution in [3.63, 3.8) is 0 Å². The van der Waals surface area contributed by atoms with Gasteiger partial charge in [0.25, 0.3) is 0 Å². The predicted octanol–water partition coefficient (Wildman–Crippen LogP) is 1.27. The summed E-state index contributed by atoms with van der Waals surface area (Å²) in [6.45, 7) is 1.52. The van der Waals surface area contributed by atoms with Crippen molar-refractivity contribution in [3.05, 3.63) is 0 Å². The highest BCUT2D eigenvalue weighted by Crippen LogP contribution is 2.17. The van der Waals surface area contributed by atoms with Crippen molar-refractivity contribution >= 4 is 5.78 Å². The molecule has 2 N–H and O–H groups in total. The SMILES string of the molecule is COCCCC(N)C(=O)CCC1CCCO1. The van der Waals surface area contributed by atoms with Crippen LogP contribution in [-0.2, 0) is 14.3 Å². The van der Waals surface area contributed by atoms with E-state index >= 15 is 0 Å². The van der Waals surface area contributed by atoms with Gasteiger partial charge < -0.3 is 15.2 Å². The van der Waals surface area contributed by atoms with Gasteiger partial charge in [-0.15, -0.1) is 0 Å². The predicted molar refractivity (Wildman–Crippen MR) is 62.3 cm³/mol. The average molecular weight is 229 g/mol. The normalized spacial score (nSPS) is 22.2. The van der Waals surface area contributed by atoms with Crippen LogP contribution in [0.15, 0.2) is 0 Å². The van der Waals surface area contributed by atoms with E-state index < -0.39 is 0 Å². The number of hydrogen-bond donors (Lipinski definition) is 1. The molecule has 0 saturated carbocycles. The first-order chi connectivity index (χ1) is 7.74. The molecule has 0 aromatic heterocycles. The van der Waals surface area contributed by atoms with Crippen molar-refractivity contribution in [2.24, 2.45) is 5.73 Å². The van der Waals surface area contributed by atoms with E-state index in [-0.39, 0.29) is 17.9 Å². The summed E-state index contributed by atoms with van der Waals surface area (Å²) in [5.74, 6) is 0.159. The van der Waals surface area contributed by atoms with Crippen LogP contribution in [0.4, 0.5) is 0 Å². The number of carbonyl (C=O) groups is 1. The van der Waals surface area contributed by atoms with Gasteiger partial charge in [-0.25, -0.2) is 0 Å². The molecular weight excluding hydrogens is 206 g/mol. The minimum Gasteiger partial charge on any atom is -0.385 e. The van der Waals surface area contributed by atoms with Crippen LogP contribution in [0.5, 0.6) is 0 Å². The lowest BCUT2D eigenvalue weighted by Gasteiger charge is -2.12. The second kappa shape index (κ2) is 7.76. The zero-order valence-corrected chi connectivity index (χ0v) is 10.1. The van der Waals surface area contributed by atoms with Crippen LogP contribution in [0.3, 0.4) is 0 Å². The quantitative estimate of drug-likeness (QED) is 0.637. The van der Waals surface area contributed by atoms with Crippen molar-refractivity contribution in [2.75, 3.05) is 20.3 Å². The number of methoxy groups -OCH3 is 1. The van der Waals surface area contributed by atoms with Crippen molar-refractivity contribution in [2.45, 2.75) is 50.7 Å². The van der Waals surface area contributed by atoms with Gasteiger partial charge in [-0.2, -0.15) is 0 Å². The van der Waals surface area contributed by atoms with E-state index in [0.717, 1.165) is 38.7 Å². The molecular formula is C12H23NO3.